The molecule has 2 aromatic heterocycles. The monoisotopic (exact) mass is 324 g/mol. The van der Waals surface area contributed by atoms with E-state index in [0.29, 0.717) is 11.5 Å². The fourth-order valence-electron chi connectivity index (χ4n) is 3.24. The quantitative estimate of drug-likeness (QED) is 0.918. The van der Waals surface area contributed by atoms with Gasteiger partial charge in [-0.25, -0.2) is 0 Å². The predicted octanol–water partition coefficient (Wildman–Crippen LogP) is 2.43. The molecule has 0 saturated carbocycles. The molecule has 1 aliphatic heterocycles. The second kappa shape index (κ2) is 8.02. The number of piperidine rings is 1. The lowest BCUT2D eigenvalue weighted by molar-refractivity contribution is 0.0929. The van der Waals surface area contributed by atoms with Crippen molar-refractivity contribution in [3.05, 3.63) is 59.7 Å². The van der Waals surface area contributed by atoms with Crippen LogP contribution in [-0.2, 0) is 6.54 Å². The normalized spacial score (nSPS) is 18.3. The van der Waals surface area contributed by atoms with Crippen LogP contribution in [0.5, 0.6) is 0 Å². The van der Waals surface area contributed by atoms with Gasteiger partial charge >= 0.3 is 0 Å². The van der Waals surface area contributed by atoms with Crippen molar-refractivity contribution in [2.24, 2.45) is 5.92 Å². The predicted molar refractivity (Wildman–Crippen MR) is 93.5 cm³/mol. The molecule has 2 aromatic rings. The summed E-state index contributed by atoms with van der Waals surface area (Å²) >= 11 is 0. The van der Waals surface area contributed by atoms with E-state index in [9.17, 15) is 4.79 Å². The highest BCUT2D eigenvalue weighted by Gasteiger charge is 2.21. The maximum atomic E-state index is 12.3. The van der Waals surface area contributed by atoms with E-state index >= 15 is 0 Å². The lowest BCUT2D eigenvalue weighted by Gasteiger charge is -2.32. The summed E-state index contributed by atoms with van der Waals surface area (Å²) in [6.07, 6.45) is 7.56. The molecule has 126 valence electrons. The van der Waals surface area contributed by atoms with E-state index in [0.717, 1.165) is 43.9 Å². The molecule has 0 spiro atoms. The van der Waals surface area contributed by atoms with Crippen LogP contribution in [0.25, 0.3) is 0 Å². The van der Waals surface area contributed by atoms with Crippen LogP contribution in [-0.4, -0.2) is 40.4 Å². The molecule has 3 heterocycles. The van der Waals surface area contributed by atoms with Gasteiger partial charge in [0.2, 0.25) is 0 Å². The van der Waals surface area contributed by atoms with Gasteiger partial charge in [-0.2, -0.15) is 0 Å². The fourth-order valence-corrected chi connectivity index (χ4v) is 3.24. The number of hydrogen-bond donors (Lipinski definition) is 1. The van der Waals surface area contributed by atoms with Gasteiger partial charge in [-0.1, -0.05) is 6.07 Å². The standard InChI is InChI=1S/C19H24N4O/c1-15-11-20-9-7-18(15)19(24)22-12-16-5-4-10-23(13-16)14-17-6-2-3-8-21-17/h2-3,6-9,11,16H,4-5,10,12-14H2,1H3,(H,22,24). The van der Waals surface area contributed by atoms with Gasteiger partial charge in [-0.05, 0) is 56.0 Å². The summed E-state index contributed by atoms with van der Waals surface area (Å²) in [6, 6.07) is 7.82. The summed E-state index contributed by atoms with van der Waals surface area (Å²) in [5.41, 5.74) is 2.73. The van der Waals surface area contributed by atoms with Crippen molar-refractivity contribution in [1.29, 1.82) is 0 Å². The minimum Gasteiger partial charge on any atom is -0.352 e. The Bertz CT molecular complexity index is 674. The molecular formula is C19H24N4O. The highest BCUT2D eigenvalue weighted by Crippen LogP contribution is 2.17. The summed E-state index contributed by atoms with van der Waals surface area (Å²) in [5, 5.41) is 3.08. The molecule has 0 radical (unpaired) electrons. The van der Waals surface area contributed by atoms with Gasteiger partial charge in [0.25, 0.3) is 5.91 Å². The number of amides is 1. The number of nitrogens with one attached hydrogen (secondary N) is 1. The lowest BCUT2D eigenvalue weighted by atomic mass is 9.97. The molecule has 0 bridgehead atoms. The third kappa shape index (κ3) is 4.38. The average Bonchev–Trinajstić information content (AvgIpc) is 2.61. The van der Waals surface area contributed by atoms with Crippen LogP contribution in [0.3, 0.4) is 0 Å². The average molecular weight is 324 g/mol. The Morgan fingerprint density at radius 3 is 3.04 bits per heavy atom. The van der Waals surface area contributed by atoms with Crippen molar-refractivity contribution in [3.8, 4) is 0 Å². The van der Waals surface area contributed by atoms with Gasteiger partial charge in [0.05, 0.1) is 5.69 Å². The van der Waals surface area contributed by atoms with Crippen LogP contribution in [0, 0.1) is 12.8 Å². The zero-order valence-electron chi connectivity index (χ0n) is 14.1. The first-order chi connectivity index (χ1) is 11.7. The minimum absolute atomic E-state index is 0.00301. The van der Waals surface area contributed by atoms with Gasteiger partial charge in [0, 0.05) is 43.8 Å². The van der Waals surface area contributed by atoms with Gasteiger partial charge in [-0.15, -0.1) is 0 Å². The number of aryl methyl sites for hydroxylation is 1. The van der Waals surface area contributed by atoms with Crippen molar-refractivity contribution >= 4 is 5.91 Å². The number of likely N-dealkylation sites (tertiary alicyclic amines) is 1. The summed E-state index contributed by atoms with van der Waals surface area (Å²) in [5.74, 6) is 0.491. The molecule has 5 heteroatoms. The molecule has 1 amide bonds. The van der Waals surface area contributed by atoms with E-state index in [1.807, 2.05) is 25.3 Å². The number of aromatic nitrogens is 2. The molecule has 3 rings (SSSR count). The summed E-state index contributed by atoms with van der Waals surface area (Å²) in [7, 11) is 0. The Morgan fingerprint density at radius 2 is 2.25 bits per heavy atom. The number of carbonyl (C=O) groups is 1. The summed E-state index contributed by atoms with van der Waals surface area (Å²) in [4.78, 5) is 23.2. The van der Waals surface area contributed by atoms with Crippen LogP contribution in [0.4, 0.5) is 0 Å². The largest absolute Gasteiger partial charge is 0.352 e. The zero-order valence-corrected chi connectivity index (χ0v) is 14.1. The number of carbonyl (C=O) groups excluding carboxylic acids is 1. The molecule has 0 aliphatic carbocycles. The molecule has 1 aliphatic rings. The van der Waals surface area contributed by atoms with Crippen molar-refractivity contribution in [1.82, 2.24) is 20.2 Å². The Labute approximate surface area is 143 Å². The summed E-state index contributed by atoms with van der Waals surface area (Å²) < 4.78 is 0. The van der Waals surface area contributed by atoms with Gasteiger partial charge < -0.3 is 5.32 Å². The van der Waals surface area contributed by atoms with Crippen molar-refractivity contribution in [2.45, 2.75) is 26.3 Å². The molecule has 5 nitrogen and oxygen atoms in total. The molecule has 0 aromatic carbocycles. The highest BCUT2D eigenvalue weighted by atomic mass is 16.1. The van der Waals surface area contributed by atoms with Crippen LogP contribution in [0.1, 0.15) is 34.5 Å². The van der Waals surface area contributed by atoms with Crippen molar-refractivity contribution in [3.63, 3.8) is 0 Å². The fraction of sp³-hybridized carbons (Fsp3) is 0.421. The first-order valence-corrected chi connectivity index (χ1v) is 8.53. The van der Waals surface area contributed by atoms with Crippen molar-refractivity contribution in [2.75, 3.05) is 19.6 Å². The molecule has 1 unspecified atom stereocenters. The molecular weight excluding hydrogens is 300 g/mol. The SMILES string of the molecule is Cc1cnccc1C(=O)NCC1CCCN(Cc2ccccn2)C1. The van der Waals surface area contributed by atoms with E-state index in [1.54, 1.807) is 18.5 Å². The zero-order chi connectivity index (χ0) is 16.8. The summed E-state index contributed by atoms with van der Waals surface area (Å²) in [6.45, 7) is 5.63. The van der Waals surface area contributed by atoms with Crippen LogP contribution < -0.4 is 5.32 Å². The first kappa shape index (κ1) is 16.6. The number of rotatable bonds is 5. The Kier molecular flexibility index (Phi) is 5.54. The van der Waals surface area contributed by atoms with Crippen LogP contribution in [0.15, 0.2) is 42.9 Å². The Balaban J connectivity index is 1.50. The smallest absolute Gasteiger partial charge is 0.251 e. The van der Waals surface area contributed by atoms with Gasteiger partial charge in [-0.3, -0.25) is 19.7 Å². The van der Waals surface area contributed by atoms with Crippen LogP contribution in [0.2, 0.25) is 0 Å². The number of nitrogens with zero attached hydrogens (tertiary/aromatic N) is 3. The Hall–Kier alpha value is -2.27. The second-order valence-electron chi connectivity index (χ2n) is 6.47. The molecule has 1 fully saturated rings. The third-order valence-electron chi connectivity index (χ3n) is 4.53. The van der Waals surface area contributed by atoms with Gasteiger partial charge in [0.1, 0.15) is 0 Å². The Morgan fingerprint density at radius 1 is 1.33 bits per heavy atom. The number of hydrogen-bond acceptors (Lipinski definition) is 4. The maximum absolute atomic E-state index is 12.3. The second-order valence-corrected chi connectivity index (χ2v) is 6.47. The van der Waals surface area contributed by atoms with E-state index in [4.69, 9.17) is 0 Å². The maximum Gasteiger partial charge on any atom is 0.251 e. The number of pyridine rings is 2. The van der Waals surface area contributed by atoms with E-state index in [2.05, 4.69) is 26.3 Å². The molecule has 24 heavy (non-hydrogen) atoms. The lowest BCUT2D eigenvalue weighted by Crippen LogP contribution is -2.40. The van der Waals surface area contributed by atoms with Crippen molar-refractivity contribution < 1.29 is 4.79 Å². The topological polar surface area (TPSA) is 58.1 Å². The van der Waals surface area contributed by atoms with E-state index in [-0.39, 0.29) is 5.91 Å². The van der Waals surface area contributed by atoms with E-state index < -0.39 is 0 Å². The van der Waals surface area contributed by atoms with E-state index in [1.165, 1.54) is 6.42 Å². The van der Waals surface area contributed by atoms with Crippen LogP contribution >= 0.6 is 0 Å². The third-order valence-corrected chi connectivity index (χ3v) is 4.53. The molecule has 1 atom stereocenters. The van der Waals surface area contributed by atoms with Gasteiger partial charge in [0.15, 0.2) is 0 Å². The molecule has 1 N–H and O–H groups in total. The molecule has 1 saturated heterocycles. The minimum atomic E-state index is -0.00301. The first-order valence-electron chi connectivity index (χ1n) is 8.53. The highest BCUT2D eigenvalue weighted by molar-refractivity contribution is 5.95.